The highest BCUT2D eigenvalue weighted by Crippen LogP contribution is 2.17. The first-order valence-electron chi connectivity index (χ1n) is 4.05. The number of fused-ring (bicyclic) bond motifs is 2. The normalized spacial score (nSPS) is 11.1. The highest BCUT2D eigenvalue weighted by atomic mass is 16.4. The number of nitrogens with zero attached hydrogens (tertiary/aromatic N) is 2. The van der Waals surface area contributed by atoms with Crippen LogP contribution >= 0.6 is 0 Å². The molecule has 5 heteroatoms. The molecule has 0 aliphatic heterocycles. The second-order valence-corrected chi connectivity index (χ2v) is 2.94. The second-order valence-electron chi connectivity index (χ2n) is 2.94. The molecular formula is C9H5N3O2. The van der Waals surface area contributed by atoms with Gasteiger partial charge in [-0.25, -0.2) is 14.8 Å². The Kier molecular flexibility index (Phi) is 1.25. The lowest BCUT2D eigenvalue weighted by Gasteiger charge is -1.93. The van der Waals surface area contributed by atoms with Crippen LogP contribution in [-0.4, -0.2) is 15.0 Å². The lowest BCUT2D eigenvalue weighted by Crippen LogP contribution is -1.92. The summed E-state index contributed by atoms with van der Waals surface area (Å²) in [4.78, 5) is 21.4. The third-order valence-electron chi connectivity index (χ3n) is 2.05. The van der Waals surface area contributed by atoms with E-state index in [1.807, 2.05) is 0 Å². The molecular weight excluding hydrogens is 182 g/mol. The molecule has 0 saturated carbocycles. The van der Waals surface area contributed by atoms with Crippen LogP contribution in [0.5, 0.6) is 0 Å². The summed E-state index contributed by atoms with van der Waals surface area (Å²) < 4.78 is 4.91. The maximum absolute atomic E-state index is 10.9. The van der Waals surface area contributed by atoms with Crippen molar-refractivity contribution >= 4 is 22.0 Å². The van der Waals surface area contributed by atoms with Crippen LogP contribution < -0.4 is 5.76 Å². The minimum atomic E-state index is -0.455. The number of benzene rings is 1. The monoisotopic (exact) mass is 187 g/mol. The van der Waals surface area contributed by atoms with Crippen LogP contribution in [0.3, 0.4) is 0 Å². The first-order chi connectivity index (χ1) is 6.83. The van der Waals surface area contributed by atoms with E-state index < -0.39 is 5.76 Å². The first-order valence-corrected chi connectivity index (χ1v) is 4.05. The van der Waals surface area contributed by atoms with Crippen molar-refractivity contribution in [2.75, 3.05) is 0 Å². The molecule has 14 heavy (non-hydrogen) atoms. The Balaban J connectivity index is 2.57. The van der Waals surface area contributed by atoms with Crippen molar-refractivity contribution in [3.8, 4) is 0 Å². The van der Waals surface area contributed by atoms with Crippen molar-refractivity contribution in [3.05, 3.63) is 35.2 Å². The SMILES string of the molecule is O=c1[nH]c2cc3ncncc3cc2o1. The van der Waals surface area contributed by atoms with Gasteiger partial charge in [-0.3, -0.25) is 4.98 Å². The quantitative estimate of drug-likeness (QED) is 0.571. The minimum Gasteiger partial charge on any atom is -0.408 e. The first kappa shape index (κ1) is 7.25. The number of nitrogens with one attached hydrogen (secondary N) is 1. The van der Waals surface area contributed by atoms with Crippen molar-refractivity contribution in [3.63, 3.8) is 0 Å². The van der Waals surface area contributed by atoms with Crippen molar-refractivity contribution < 1.29 is 4.42 Å². The van der Waals surface area contributed by atoms with E-state index in [9.17, 15) is 4.79 Å². The maximum atomic E-state index is 10.9. The molecule has 0 fully saturated rings. The van der Waals surface area contributed by atoms with E-state index in [2.05, 4.69) is 15.0 Å². The van der Waals surface area contributed by atoms with E-state index in [1.165, 1.54) is 6.33 Å². The van der Waals surface area contributed by atoms with Gasteiger partial charge >= 0.3 is 5.76 Å². The summed E-state index contributed by atoms with van der Waals surface area (Å²) in [5.74, 6) is -0.455. The molecule has 0 spiro atoms. The molecule has 0 unspecified atom stereocenters. The van der Waals surface area contributed by atoms with Gasteiger partial charge in [0.05, 0.1) is 11.0 Å². The van der Waals surface area contributed by atoms with E-state index >= 15 is 0 Å². The third kappa shape index (κ3) is 0.922. The van der Waals surface area contributed by atoms with Gasteiger partial charge in [-0.1, -0.05) is 0 Å². The second kappa shape index (κ2) is 2.41. The lowest BCUT2D eigenvalue weighted by atomic mass is 10.2. The molecule has 1 N–H and O–H groups in total. The fraction of sp³-hybridized carbons (Fsp3) is 0. The Bertz CT molecular complexity index is 613. The molecule has 1 aromatic carbocycles. The van der Waals surface area contributed by atoms with Crippen LogP contribution in [0.25, 0.3) is 22.0 Å². The average molecular weight is 187 g/mol. The van der Waals surface area contributed by atoms with Crippen LogP contribution in [0.2, 0.25) is 0 Å². The minimum absolute atomic E-state index is 0.455. The maximum Gasteiger partial charge on any atom is 0.417 e. The Labute approximate surface area is 77.4 Å². The van der Waals surface area contributed by atoms with Crippen molar-refractivity contribution in [2.45, 2.75) is 0 Å². The molecule has 0 radical (unpaired) electrons. The van der Waals surface area contributed by atoms with Crippen LogP contribution in [-0.2, 0) is 0 Å². The van der Waals surface area contributed by atoms with Crippen molar-refractivity contribution in [2.24, 2.45) is 0 Å². The van der Waals surface area contributed by atoms with Crippen molar-refractivity contribution in [1.29, 1.82) is 0 Å². The predicted octanol–water partition coefficient (Wildman–Crippen LogP) is 1.06. The molecule has 2 aromatic heterocycles. The Morgan fingerprint density at radius 3 is 3.21 bits per heavy atom. The number of hydrogen-bond acceptors (Lipinski definition) is 4. The molecule has 0 bridgehead atoms. The molecule has 5 nitrogen and oxygen atoms in total. The fourth-order valence-electron chi connectivity index (χ4n) is 1.43. The fourth-order valence-corrected chi connectivity index (χ4v) is 1.43. The molecule has 0 aliphatic carbocycles. The van der Waals surface area contributed by atoms with Gasteiger partial charge in [0.2, 0.25) is 0 Å². The highest BCUT2D eigenvalue weighted by molar-refractivity contribution is 5.91. The number of H-pyrrole nitrogens is 1. The van der Waals surface area contributed by atoms with E-state index in [1.54, 1.807) is 18.3 Å². The Morgan fingerprint density at radius 2 is 2.29 bits per heavy atom. The summed E-state index contributed by atoms with van der Waals surface area (Å²) in [5.41, 5.74) is 1.96. The standard InChI is InChI=1S/C9H5N3O2/c13-9-12-7-2-6-5(1-8(7)14-9)3-10-4-11-6/h1-4H,(H,12,13). The lowest BCUT2D eigenvalue weighted by molar-refractivity contribution is 0.555. The van der Waals surface area contributed by atoms with Gasteiger partial charge in [-0.15, -0.1) is 0 Å². The average Bonchev–Trinajstić information content (AvgIpc) is 2.53. The third-order valence-corrected chi connectivity index (χ3v) is 2.05. The summed E-state index contributed by atoms with van der Waals surface area (Å²) in [7, 11) is 0. The molecule has 2 heterocycles. The zero-order valence-electron chi connectivity index (χ0n) is 7.02. The summed E-state index contributed by atoms with van der Waals surface area (Å²) in [6, 6.07) is 3.50. The summed E-state index contributed by atoms with van der Waals surface area (Å²) in [6.07, 6.45) is 3.14. The van der Waals surface area contributed by atoms with Gasteiger partial charge in [0, 0.05) is 11.6 Å². The molecule has 0 saturated heterocycles. The zero-order chi connectivity index (χ0) is 9.54. The Hall–Kier alpha value is -2.17. The van der Waals surface area contributed by atoms with Gasteiger partial charge in [-0.05, 0) is 12.1 Å². The smallest absolute Gasteiger partial charge is 0.408 e. The number of aromatic nitrogens is 3. The molecule has 0 aliphatic rings. The van der Waals surface area contributed by atoms with Crippen molar-refractivity contribution in [1.82, 2.24) is 15.0 Å². The summed E-state index contributed by atoms with van der Waals surface area (Å²) in [6.45, 7) is 0. The largest absolute Gasteiger partial charge is 0.417 e. The van der Waals surface area contributed by atoms with E-state index in [0.717, 1.165) is 10.9 Å². The molecule has 3 aromatic rings. The number of aromatic amines is 1. The van der Waals surface area contributed by atoms with E-state index in [-0.39, 0.29) is 0 Å². The zero-order valence-corrected chi connectivity index (χ0v) is 7.02. The predicted molar refractivity (Wildman–Crippen MR) is 49.9 cm³/mol. The molecule has 68 valence electrons. The van der Waals surface area contributed by atoms with Gasteiger partial charge in [0.1, 0.15) is 6.33 Å². The van der Waals surface area contributed by atoms with E-state index in [4.69, 9.17) is 4.42 Å². The van der Waals surface area contributed by atoms with Crippen LogP contribution in [0, 0.1) is 0 Å². The summed E-state index contributed by atoms with van der Waals surface area (Å²) >= 11 is 0. The molecule has 3 rings (SSSR count). The Morgan fingerprint density at radius 1 is 1.36 bits per heavy atom. The van der Waals surface area contributed by atoms with Crippen LogP contribution in [0.1, 0.15) is 0 Å². The number of hydrogen-bond donors (Lipinski definition) is 1. The highest BCUT2D eigenvalue weighted by Gasteiger charge is 2.03. The molecule has 0 atom stereocenters. The van der Waals surface area contributed by atoms with Crippen LogP contribution in [0.4, 0.5) is 0 Å². The van der Waals surface area contributed by atoms with Gasteiger partial charge in [0.15, 0.2) is 5.58 Å². The number of oxazole rings is 1. The van der Waals surface area contributed by atoms with E-state index in [0.29, 0.717) is 11.1 Å². The molecule has 0 amide bonds. The van der Waals surface area contributed by atoms with Gasteiger partial charge in [0.25, 0.3) is 0 Å². The topological polar surface area (TPSA) is 71.8 Å². The van der Waals surface area contributed by atoms with Gasteiger partial charge in [-0.2, -0.15) is 0 Å². The summed E-state index contributed by atoms with van der Waals surface area (Å²) in [5, 5.41) is 0.850. The van der Waals surface area contributed by atoms with Gasteiger partial charge < -0.3 is 4.42 Å². The number of rotatable bonds is 0. The van der Waals surface area contributed by atoms with Crippen LogP contribution in [0.15, 0.2) is 33.9 Å².